The number of methoxy groups -OCH3 is 1. The van der Waals surface area contributed by atoms with Crippen molar-refractivity contribution in [2.24, 2.45) is 5.73 Å². The van der Waals surface area contributed by atoms with Crippen molar-refractivity contribution in [3.63, 3.8) is 0 Å². The molecule has 1 aromatic heterocycles. The van der Waals surface area contributed by atoms with E-state index < -0.39 is 0 Å². The van der Waals surface area contributed by atoms with Gasteiger partial charge in [0.05, 0.1) is 12.8 Å². The zero-order valence-corrected chi connectivity index (χ0v) is 12.5. The van der Waals surface area contributed by atoms with Crippen molar-refractivity contribution in [3.8, 4) is 17.0 Å². The SMILES string of the molecule is COc1ccc(Br)cc1-c1ccnc(C(C)CN)n1. The number of hydrogen-bond acceptors (Lipinski definition) is 4. The average Bonchev–Trinajstić information content (AvgIpc) is 2.46. The van der Waals surface area contributed by atoms with Crippen LogP contribution < -0.4 is 10.5 Å². The fourth-order valence-electron chi connectivity index (χ4n) is 1.75. The van der Waals surface area contributed by atoms with Crippen LogP contribution in [0.2, 0.25) is 0 Å². The molecular formula is C14H16BrN3O. The van der Waals surface area contributed by atoms with E-state index in [9.17, 15) is 0 Å². The minimum atomic E-state index is 0.137. The summed E-state index contributed by atoms with van der Waals surface area (Å²) in [6.07, 6.45) is 1.75. The Morgan fingerprint density at radius 3 is 2.84 bits per heavy atom. The average molecular weight is 322 g/mol. The molecule has 0 aliphatic heterocycles. The third-order valence-corrected chi connectivity index (χ3v) is 3.40. The Kier molecular flexibility index (Phi) is 4.50. The predicted octanol–water partition coefficient (Wildman–Crippen LogP) is 2.98. The highest BCUT2D eigenvalue weighted by atomic mass is 79.9. The molecule has 4 nitrogen and oxygen atoms in total. The number of nitrogens with two attached hydrogens (primary N) is 1. The van der Waals surface area contributed by atoms with Gasteiger partial charge in [0.2, 0.25) is 0 Å². The predicted molar refractivity (Wildman–Crippen MR) is 79.2 cm³/mol. The van der Waals surface area contributed by atoms with E-state index in [-0.39, 0.29) is 5.92 Å². The minimum Gasteiger partial charge on any atom is -0.496 e. The van der Waals surface area contributed by atoms with Gasteiger partial charge in [-0.3, -0.25) is 0 Å². The van der Waals surface area contributed by atoms with Crippen molar-refractivity contribution in [3.05, 3.63) is 40.8 Å². The second-order valence-electron chi connectivity index (χ2n) is 4.28. The Labute approximate surface area is 121 Å². The summed E-state index contributed by atoms with van der Waals surface area (Å²) in [6.45, 7) is 2.54. The van der Waals surface area contributed by atoms with Crippen LogP contribution in [0.1, 0.15) is 18.7 Å². The van der Waals surface area contributed by atoms with Gasteiger partial charge >= 0.3 is 0 Å². The van der Waals surface area contributed by atoms with Crippen LogP contribution in [0.3, 0.4) is 0 Å². The van der Waals surface area contributed by atoms with Gasteiger partial charge in [-0.15, -0.1) is 0 Å². The van der Waals surface area contributed by atoms with Gasteiger partial charge in [-0.25, -0.2) is 9.97 Å². The second-order valence-corrected chi connectivity index (χ2v) is 5.20. The third-order valence-electron chi connectivity index (χ3n) is 2.91. The minimum absolute atomic E-state index is 0.137. The summed E-state index contributed by atoms with van der Waals surface area (Å²) in [7, 11) is 1.65. The van der Waals surface area contributed by atoms with Crippen molar-refractivity contribution in [1.82, 2.24) is 9.97 Å². The van der Waals surface area contributed by atoms with Crippen molar-refractivity contribution in [1.29, 1.82) is 0 Å². The van der Waals surface area contributed by atoms with E-state index in [1.54, 1.807) is 13.3 Å². The molecule has 0 bridgehead atoms. The summed E-state index contributed by atoms with van der Waals surface area (Å²) in [4.78, 5) is 8.84. The lowest BCUT2D eigenvalue weighted by Crippen LogP contribution is -2.12. The lowest BCUT2D eigenvalue weighted by molar-refractivity contribution is 0.416. The fourth-order valence-corrected chi connectivity index (χ4v) is 2.11. The first kappa shape index (κ1) is 14.0. The highest BCUT2D eigenvalue weighted by Gasteiger charge is 2.11. The normalized spacial score (nSPS) is 12.2. The first-order valence-corrected chi connectivity index (χ1v) is 6.82. The largest absolute Gasteiger partial charge is 0.496 e. The molecule has 19 heavy (non-hydrogen) atoms. The van der Waals surface area contributed by atoms with Crippen LogP contribution in [0.4, 0.5) is 0 Å². The van der Waals surface area contributed by atoms with Crippen molar-refractivity contribution in [2.45, 2.75) is 12.8 Å². The highest BCUT2D eigenvalue weighted by Crippen LogP contribution is 2.31. The van der Waals surface area contributed by atoms with Crippen LogP contribution in [0.15, 0.2) is 34.9 Å². The smallest absolute Gasteiger partial charge is 0.133 e. The maximum absolute atomic E-state index is 5.66. The molecule has 0 saturated heterocycles. The molecule has 0 radical (unpaired) electrons. The molecule has 2 aromatic rings. The maximum Gasteiger partial charge on any atom is 0.133 e. The van der Waals surface area contributed by atoms with E-state index in [1.807, 2.05) is 31.2 Å². The summed E-state index contributed by atoms with van der Waals surface area (Å²) < 4.78 is 6.36. The molecule has 100 valence electrons. The van der Waals surface area contributed by atoms with Gasteiger partial charge in [0, 0.05) is 28.7 Å². The molecule has 0 saturated carbocycles. The van der Waals surface area contributed by atoms with E-state index in [1.165, 1.54) is 0 Å². The summed E-state index contributed by atoms with van der Waals surface area (Å²) in [5.74, 6) is 1.67. The van der Waals surface area contributed by atoms with Crippen LogP contribution in [0, 0.1) is 0 Å². The van der Waals surface area contributed by atoms with E-state index in [4.69, 9.17) is 10.5 Å². The Hall–Kier alpha value is -1.46. The summed E-state index contributed by atoms with van der Waals surface area (Å²) >= 11 is 3.46. The van der Waals surface area contributed by atoms with Gasteiger partial charge in [0.1, 0.15) is 11.6 Å². The standard InChI is InChI=1S/C14H16BrN3O/c1-9(8-16)14-17-6-5-12(18-14)11-7-10(15)3-4-13(11)19-2/h3-7,9H,8,16H2,1-2H3. The molecule has 5 heteroatoms. The summed E-state index contributed by atoms with van der Waals surface area (Å²) in [6, 6.07) is 7.70. The molecule has 0 spiro atoms. The number of benzene rings is 1. The Balaban J connectivity index is 2.49. The van der Waals surface area contributed by atoms with Gasteiger partial charge in [-0.05, 0) is 24.3 Å². The van der Waals surface area contributed by atoms with Crippen molar-refractivity contribution < 1.29 is 4.74 Å². The zero-order valence-electron chi connectivity index (χ0n) is 10.9. The molecule has 1 aromatic carbocycles. The molecule has 0 amide bonds. The van der Waals surface area contributed by atoms with Gasteiger partial charge in [-0.1, -0.05) is 22.9 Å². The number of rotatable bonds is 4. The lowest BCUT2D eigenvalue weighted by Gasteiger charge is -2.11. The third kappa shape index (κ3) is 3.11. The van der Waals surface area contributed by atoms with Crippen molar-refractivity contribution >= 4 is 15.9 Å². The Morgan fingerprint density at radius 1 is 1.37 bits per heavy atom. The summed E-state index contributed by atoms with van der Waals surface area (Å²) in [5, 5.41) is 0. The molecule has 2 rings (SSSR count). The molecule has 0 aliphatic rings. The monoisotopic (exact) mass is 321 g/mol. The topological polar surface area (TPSA) is 61.0 Å². The molecule has 0 fully saturated rings. The first-order chi connectivity index (χ1) is 9.15. The van der Waals surface area contributed by atoms with Crippen molar-refractivity contribution in [2.75, 3.05) is 13.7 Å². The van der Waals surface area contributed by atoms with Crippen LogP contribution in [-0.2, 0) is 0 Å². The van der Waals surface area contributed by atoms with E-state index in [0.717, 1.165) is 27.3 Å². The van der Waals surface area contributed by atoms with Gasteiger partial charge in [0.25, 0.3) is 0 Å². The fraction of sp³-hybridized carbons (Fsp3) is 0.286. The zero-order chi connectivity index (χ0) is 13.8. The Morgan fingerprint density at radius 2 is 2.16 bits per heavy atom. The van der Waals surface area contributed by atoms with Crippen LogP contribution in [-0.4, -0.2) is 23.6 Å². The number of nitrogens with zero attached hydrogens (tertiary/aromatic N) is 2. The Bertz CT molecular complexity index is 574. The van der Waals surface area contributed by atoms with Gasteiger partial charge in [0.15, 0.2) is 0 Å². The molecule has 1 unspecified atom stereocenters. The molecule has 1 heterocycles. The number of halogens is 1. The maximum atomic E-state index is 5.66. The summed E-state index contributed by atoms with van der Waals surface area (Å²) in [5.41, 5.74) is 7.43. The van der Waals surface area contributed by atoms with E-state index in [2.05, 4.69) is 25.9 Å². The number of aromatic nitrogens is 2. The highest BCUT2D eigenvalue weighted by molar-refractivity contribution is 9.10. The second kappa shape index (κ2) is 6.12. The van der Waals surface area contributed by atoms with Crippen LogP contribution >= 0.6 is 15.9 Å². The molecule has 1 atom stereocenters. The molecule has 0 aliphatic carbocycles. The van der Waals surface area contributed by atoms with E-state index >= 15 is 0 Å². The van der Waals surface area contributed by atoms with Gasteiger partial charge in [-0.2, -0.15) is 0 Å². The van der Waals surface area contributed by atoms with Crippen LogP contribution in [0.25, 0.3) is 11.3 Å². The quantitative estimate of drug-likeness (QED) is 0.940. The van der Waals surface area contributed by atoms with Gasteiger partial charge < -0.3 is 10.5 Å². The first-order valence-electron chi connectivity index (χ1n) is 6.02. The number of ether oxygens (including phenoxy) is 1. The lowest BCUT2D eigenvalue weighted by atomic mass is 10.1. The molecular weight excluding hydrogens is 306 g/mol. The van der Waals surface area contributed by atoms with Crippen LogP contribution in [0.5, 0.6) is 5.75 Å². The van der Waals surface area contributed by atoms with E-state index in [0.29, 0.717) is 6.54 Å². The number of hydrogen-bond donors (Lipinski definition) is 1. The molecule has 2 N–H and O–H groups in total.